The average molecular weight is 156 g/mol. The lowest BCUT2D eigenvalue weighted by Gasteiger charge is -2.04. The van der Waals surface area contributed by atoms with Crippen LogP contribution in [0.15, 0.2) is 0 Å². The molecule has 0 heterocycles. The Morgan fingerprint density at radius 2 is 2.00 bits per heavy atom. The second-order valence-corrected chi connectivity index (χ2v) is 1.61. The van der Waals surface area contributed by atoms with Gasteiger partial charge in [0.1, 0.15) is 12.9 Å². The SMILES string of the molecule is O=CCOCCC(F)(F)F. The zero-order chi connectivity index (χ0) is 8.04. The number of alkyl halides is 3. The van der Waals surface area contributed by atoms with Crippen LogP contribution in [0.5, 0.6) is 0 Å². The molecular formula is C5H7F3O2. The molecule has 0 aromatic rings. The summed E-state index contributed by atoms with van der Waals surface area (Å²) in [5.74, 6) is 0. The van der Waals surface area contributed by atoms with Gasteiger partial charge in [0.05, 0.1) is 13.0 Å². The highest BCUT2D eigenvalue weighted by Crippen LogP contribution is 2.18. The topological polar surface area (TPSA) is 26.3 Å². The van der Waals surface area contributed by atoms with Gasteiger partial charge in [-0.1, -0.05) is 0 Å². The van der Waals surface area contributed by atoms with Gasteiger partial charge in [-0.2, -0.15) is 13.2 Å². The maximum atomic E-state index is 11.3. The largest absolute Gasteiger partial charge is 0.391 e. The van der Waals surface area contributed by atoms with E-state index in [0.29, 0.717) is 6.29 Å². The predicted octanol–water partition coefficient (Wildman–Crippen LogP) is 1.15. The van der Waals surface area contributed by atoms with Crippen molar-refractivity contribution in [3.8, 4) is 0 Å². The smallest absolute Gasteiger partial charge is 0.374 e. The van der Waals surface area contributed by atoms with E-state index in [1.807, 2.05) is 0 Å². The third-order valence-corrected chi connectivity index (χ3v) is 0.716. The van der Waals surface area contributed by atoms with Crippen molar-refractivity contribution in [3.05, 3.63) is 0 Å². The van der Waals surface area contributed by atoms with Crippen molar-refractivity contribution in [1.29, 1.82) is 0 Å². The molecule has 0 radical (unpaired) electrons. The summed E-state index contributed by atoms with van der Waals surface area (Å²) >= 11 is 0. The number of ether oxygens (including phenoxy) is 1. The van der Waals surface area contributed by atoms with E-state index in [2.05, 4.69) is 4.74 Å². The lowest BCUT2D eigenvalue weighted by atomic mass is 10.4. The van der Waals surface area contributed by atoms with Crippen LogP contribution in [0.3, 0.4) is 0 Å². The highest BCUT2D eigenvalue weighted by atomic mass is 19.4. The first-order valence-electron chi connectivity index (χ1n) is 2.64. The minimum atomic E-state index is -4.19. The molecule has 0 fully saturated rings. The fourth-order valence-corrected chi connectivity index (χ4v) is 0.319. The van der Waals surface area contributed by atoms with Gasteiger partial charge in [0, 0.05) is 0 Å². The minimum absolute atomic E-state index is 0.268. The van der Waals surface area contributed by atoms with E-state index in [4.69, 9.17) is 0 Å². The maximum Gasteiger partial charge on any atom is 0.391 e. The maximum absolute atomic E-state index is 11.3. The highest BCUT2D eigenvalue weighted by Gasteiger charge is 2.26. The zero-order valence-corrected chi connectivity index (χ0v) is 5.15. The molecule has 10 heavy (non-hydrogen) atoms. The summed E-state index contributed by atoms with van der Waals surface area (Å²) < 4.78 is 38.2. The number of rotatable bonds is 4. The Morgan fingerprint density at radius 1 is 1.40 bits per heavy atom. The molecule has 0 aliphatic heterocycles. The second-order valence-electron chi connectivity index (χ2n) is 1.61. The zero-order valence-electron chi connectivity index (χ0n) is 5.15. The molecule has 0 saturated carbocycles. The molecule has 60 valence electrons. The number of carbonyl (C=O) groups excluding carboxylic acids is 1. The van der Waals surface area contributed by atoms with Crippen molar-refractivity contribution in [2.24, 2.45) is 0 Å². The van der Waals surface area contributed by atoms with Gasteiger partial charge in [0.15, 0.2) is 0 Å². The van der Waals surface area contributed by atoms with Crippen LogP contribution in [0.4, 0.5) is 13.2 Å². The fraction of sp³-hybridized carbons (Fsp3) is 0.800. The van der Waals surface area contributed by atoms with Gasteiger partial charge in [-0.15, -0.1) is 0 Å². The molecular weight excluding hydrogens is 149 g/mol. The van der Waals surface area contributed by atoms with E-state index in [1.165, 1.54) is 0 Å². The van der Waals surface area contributed by atoms with Crippen LogP contribution in [0.1, 0.15) is 6.42 Å². The van der Waals surface area contributed by atoms with Crippen molar-refractivity contribution >= 4 is 6.29 Å². The van der Waals surface area contributed by atoms with Crippen molar-refractivity contribution in [3.63, 3.8) is 0 Å². The van der Waals surface area contributed by atoms with Gasteiger partial charge in [0.2, 0.25) is 0 Å². The Labute approximate surface area is 56.0 Å². The van der Waals surface area contributed by atoms with Crippen molar-refractivity contribution in [2.75, 3.05) is 13.2 Å². The Balaban J connectivity index is 3.12. The second kappa shape index (κ2) is 4.27. The summed E-state index contributed by atoms with van der Waals surface area (Å²) in [6.45, 7) is -0.710. The Kier molecular flexibility index (Phi) is 4.02. The third kappa shape index (κ3) is 7.42. The van der Waals surface area contributed by atoms with E-state index in [9.17, 15) is 18.0 Å². The molecule has 0 aliphatic rings. The van der Waals surface area contributed by atoms with Gasteiger partial charge >= 0.3 is 6.18 Å². The summed E-state index contributed by atoms with van der Waals surface area (Å²) in [4.78, 5) is 9.52. The number of aldehydes is 1. The molecule has 0 aliphatic carbocycles. The summed E-state index contributed by atoms with van der Waals surface area (Å²) in [7, 11) is 0. The van der Waals surface area contributed by atoms with E-state index in [1.54, 1.807) is 0 Å². The van der Waals surface area contributed by atoms with Crippen molar-refractivity contribution in [1.82, 2.24) is 0 Å². The molecule has 0 unspecified atom stereocenters. The quantitative estimate of drug-likeness (QED) is 0.451. The standard InChI is InChI=1S/C5H7F3O2/c6-5(7,8)1-3-10-4-2-9/h2H,1,3-4H2. The molecule has 5 heteroatoms. The molecule has 0 spiro atoms. The van der Waals surface area contributed by atoms with Gasteiger partial charge in [-0.05, 0) is 0 Å². The Morgan fingerprint density at radius 3 is 2.40 bits per heavy atom. The van der Waals surface area contributed by atoms with Crippen molar-refractivity contribution in [2.45, 2.75) is 12.6 Å². The van der Waals surface area contributed by atoms with Crippen molar-refractivity contribution < 1.29 is 22.7 Å². The molecule has 0 aromatic heterocycles. The van der Waals surface area contributed by atoms with Gasteiger partial charge in [0.25, 0.3) is 0 Å². The molecule has 0 N–H and O–H groups in total. The van der Waals surface area contributed by atoms with Gasteiger partial charge in [-0.25, -0.2) is 0 Å². The van der Waals surface area contributed by atoms with E-state index >= 15 is 0 Å². The minimum Gasteiger partial charge on any atom is -0.374 e. The molecule has 0 aromatic carbocycles. The summed E-state index contributed by atoms with van der Waals surface area (Å²) in [5.41, 5.74) is 0. The summed E-state index contributed by atoms with van der Waals surface area (Å²) in [6.07, 6.45) is -4.78. The van der Waals surface area contributed by atoms with Crippen LogP contribution >= 0.6 is 0 Å². The van der Waals surface area contributed by atoms with Crippen LogP contribution < -0.4 is 0 Å². The molecule has 0 atom stereocenters. The number of halogens is 3. The van der Waals surface area contributed by atoms with Gasteiger partial charge in [-0.3, -0.25) is 0 Å². The number of hydrogen-bond donors (Lipinski definition) is 0. The summed E-state index contributed by atoms with van der Waals surface area (Å²) in [6, 6.07) is 0. The first kappa shape index (κ1) is 9.42. The lowest BCUT2D eigenvalue weighted by molar-refractivity contribution is -0.146. The molecule has 0 saturated heterocycles. The molecule has 0 amide bonds. The molecule has 0 bridgehead atoms. The number of carbonyl (C=O) groups is 1. The van der Waals surface area contributed by atoms with E-state index in [-0.39, 0.29) is 6.61 Å². The van der Waals surface area contributed by atoms with E-state index in [0.717, 1.165) is 0 Å². The van der Waals surface area contributed by atoms with Crippen LogP contribution in [0, 0.1) is 0 Å². The first-order valence-corrected chi connectivity index (χ1v) is 2.64. The number of hydrogen-bond acceptors (Lipinski definition) is 2. The lowest BCUT2D eigenvalue weighted by Crippen LogP contribution is -2.12. The molecule has 2 nitrogen and oxygen atoms in total. The summed E-state index contributed by atoms with van der Waals surface area (Å²) in [5, 5.41) is 0. The molecule has 0 rings (SSSR count). The average Bonchev–Trinajstić information content (AvgIpc) is 1.78. The normalized spacial score (nSPS) is 11.5. The first-order chi connectivity index (χ1) is 4.56. The third-order valence-electron chi connectivity index (χ3n) is 0.716. The van der Waals surface area contributed by atoms with Gasteiger partial charge < -0.3 is 9.53 Å². The predicted molar refractivity (Wildman–Crippen MR) is 27.6 cm³/mol. The van der Waals surface area contributed by atoms with E-state index < -0.39 is 19.2 Å². The highest BCUT2D eigenvalue weighted by molar-refractivity contribution is 5.50. The fourth-order valence-electron chi connectivity index (χ4n) is 0.319. The van der Waals surface area contributed by atoms with Crippen LogP contribution in [-0.4, -0.2) is 25.7 Å². The van der Waals surface area contributed by atoms with Crippen LogP contribution in [0.25, 0.3) is 0 Å². The Hall–Kier alpha value is -0.580. The van der Waals surface area contributed by atoms with Crippen LogP contribution in [-0.2, 0) is 9.53 Å². The van der Waals surface area contributed by atoms with Crippen LogP contribution in [0.2, 0.25) is 0 Å². The monoisotopic (exact) mass is 156 g/mol. The Bertz CT molecular complexity index is 99.6.